The zero-order chi connectivity index (χ0) is 13.0. The summed E-state index contributed by atoms with van der Waals surface area (Å²) < 4.78 is 1.95. The lowest BCUT2D eigenvalue weighted by Gasteiger charge is -2.10. The minimum Gasteiger partial charge on any atom is -0.354 e. The summed E-state index contributed by atoms with van der Waals surface area (Å²) in [7, 11) is 1.95. The van der Waals surface area contributed by atoms with Crippen molar-refractivity contribution in [3.05, 3.63) is 24.3 Å². The number of hydrogen-bond donors (Lipinski definition) is 2. The number of rotatable bonds is 5. The highest BCUT2D eigenvalue weighted by molar-refractivity contribution is 14.0. The van der Waals surface area contributed by atoms with Crippen molar-refractivity contribution in [1.82, 2.24) is 25.4 Å². The van der Waals surface area contributed by atoms with E-state index in [1.165, 1.54) is 12.8 Å². The molecule has 106 valence electrons. The van der Waals surface area contributed by atoms with E-state index in [4.69, 9.17) is 0 Å². The fraction of sp³-hybridized carbons (Fsp3) is 0.583. The van der Waals surface area contributed by atoms with Crippen LogP contribution in [-0.2, 0) is 13.6 Å². The molecule has 0 radical (unpaired) electrons. The van der Waals surface area contributed by atoms with Gasteiger partial charge < -0.3 is 15.2 Å². The number of aryl methyl sites for hydroxylation is 1. The molecule has 19 heavy (non-hydrogen) atoms. The van der Waals surface area contributed by atoms with Crippen LogP contribution in [0.3, 0.4) is 0 Å². The van der Waals surface area contributed by atoms with E-state index < -0.39 is 0 Å². The van der Waals surface area contributed by atoms with Crippen molar-refractivity contribution in [2.24, 2.45) is 12.0 Å². The van der Waals surface area contributed by atoms with Crippen LogP contribution in [0.25, 0.3) is 0 Å². The molecule has 1 aromatic rings. The van der Waals surface area contributed by atoms with Crippen molar-refractivity contribution in [1.29, 1.82) is 0 Å². The number of aliphatic imine (C=N–C) groups is 1. The third-order valence-corrected chi connectivity index (χ3v) is 2.89. The van der Waals surface area contributed by atoms with Crippen LogP contribution in [0.2, 0.25) is 0 Å². The van der Waals surface area contributed by atoms with Crippen molar-refractivity contribution in [3.63, 3.8) is 0 Å². The molecule has 0 unspecified atom stereocenters. The Bertz CT molecular complexity index is 449. The van der Waals surface area contributed by atoms with Crippen molar-refractivity contribution in [2.75, 3.05) is 6.54 Å². The third-order valence-electron chi connectivity index (χ3n) is 2.89. The fourth-order valence-corrected chi connectivity index (χ4v) is 1.48. The van der Waals surface area contributed by atoms with E-state index in [2.05, 4.69) is 32.4 Å². The highest BCUT2D eigenvalue weighted by Crippen LogP contribution is 2.18. The third kappa shape index (κ3) is 4.81. The van der Waals surface area contributed by atoms with E-state index in [-0.39, 0.29) is 24.0 Å². The van der Waals surface area contributed by atoms with Crippen molar-refractivity contribution < 1.29 is 0 Å². The van der Waals surface area contributed by atoms with Crippen LogP contribution in [0.5, 0.6) is 0 Å². The molecule has 1 aliphatic rings. The van der Waals surface area contributed by atoms with Crippen LogP contribution in [-0.4, -0.2) is 33.3 Å². The first kappa shape index (κ1) is 15.9. The standard InChI is InChI=1S/C12H20N6.HI/c1-4-7-13-12(15-10-5-6-10)14-8-11-17-16-9(2)18(11)3;/h4,10H,1,5-8H2,2-3H3,(H2,13,14,15);1H. The maximum atomic E-state index is 4.51. The van der Waals surface area contributed by atoms with Crippen LogP contribution in [0, 0.1) is 6.92 Å². The molecule has 0 spiro atoms. The zero-order valence-corrected chi connectivity index (χ0v) is 13.7. The highest BCUT2D eigenvalue weighted by Gasteiger charge is 2.22. The zero-order valence-electron chi connectivity index (χ0n) is 11.4. The maximum Gasteiger partial charge on any atom is 0.192 e. The summed E-state index contributed by atoms with van der Waals surface area (Å²) in [5.74, 6) is 2.58. The van der Waals surface area contributed by atoms with Gasteiger partial charge in [0.15, 0.2) is 11.8 Å². The van der Waals surface area contributed by atoms with Gasteiger partial charge in [-0.05, 0) is 19.8 Å². The molecule has 2 rings (SSSR count). The molecule has 1 saturated carbocycles. The molecule has 1 aromatic heterocycles. The van der Waals surface area contributed by atoms with Crippen molar-refractivity contribution in [2.45, 2.75) is 32.4 Å². The average molecular weight is 376 g/mol. The first-order valence-electron chi connectivity index (χ1n) is 6.21. The normalized spacial score (nSPS) is 14.7. The van der Waals surface area contributed by atoms with Gasteiger partial charge in [-0.2, -0.15) is 0 Å². The van der Waals surface area contributed by atoms with Gasteiger partial charge in [-0.3, -0.25) is 0 Å². The molecule has 1 aliphatic carbocycles. The molecule has 0 aromatic carbocycles. The molecule has 1 heterocycles. The largest absolute Gasteiger partial charge is 0.354 e. The van der Waals surface area contributed by atoms with Gasteiger partial charge in [0.2, 0.25) is 0 Å². The predicted octanol–water partition coefficient (Wildman–Crippen LogP) is 1.13. The molecule has 0 aliphatic heterocycles. The Morgan fingerprint density at radius 2 is 2.26 bits per heavy atom. The van der Waals surface area contributed by atoms with E-state index in [9.17, 15) is 0 Å². The molecule has 7 heteroatoms. The van der Waals surface area contributed by atoms with Crippen molar-refractivity contribution >= 4 is 29.9 Å². The second kappa shape index (κ2) is 7.46. The second-order valence-electron chi connectivity index (χ2n) is 4.48. The van der Waals surface area contributed by atoms with E-state index in [1.54, 1.807) is 0 Å². The van der Waals surface area contributed by atoms with Gasteiger partial charge in [0.05, 0.1) is 0 Å². The lowest BCUT2D eigenvalue weighted by molar-refractivity contribution is 0.758. The Labute approximate surface area is 130 Å². The number of nitrogens with one attached hydrogen (secondary N) is 2. The molecular formula is C12H21IN6. The maximum absolute atomic E-state index is 4.51. The highest BCUT2D eigenvalue weighted by atomic mass is 127. The van der Waals surface area contributed by atoms with Gasteiger partial charge in [-0.1, -0.05) is 6.08 Å². The van der Waals surface area contributed by atoms with Gasteiger partial charge in [0, 0.05) is 19.6 Å². The summed E-state index contributed by atoms with van der Waals surface area (Å²) in [6.45, 7) is 6.85. The molecule has 0 atom stereocenters. The van der Waals surface area contributed by atoms with Gasteiger partial charge in [-0.25, -0.2) is 4.99 Å². The Hall–Kier alpha value is -1.12. The lowest BCUT2D eigenvalue weighted by Crippen LogP contribution is -2.38. The molecule has 0 bridgehead atoms. The average Bonchev–Trinajstić information content (AvgIpc) is 3.12. The monoisotopic (exact) mass is 376 g/mol. The second-order valence-corrected chi connectivity index (χ2v) is 4.48. The summed E-state index contributed by atoms with van der Waals surface area (Å²) in [4.78, 5) is 4.51. The Morgan fingerprint density at radius 1 is 1.53 bits per heavy atom. The minimum absolute atomic E-state index is 0. The Morgan fingerprint density at radius 3 is 2.79 bits per heavy atom. The topological polar surface area (TPSA) is 67.1 Å². The molecule has 6 nitrogen and oxygen atoms in total. The Kier molecular flexibility index (Phi) is 6.26. The molecular weight excluding hydrogens is 355 g/mol. The van der Waals surface area contributed by atoms with Gasteiger partial charge in [-0.15, -0.1) is 40.8 Å². The quantitative estimate of drug-likeness (QED) is 0.350. The van der Waals surface area contributed by atoms with Gasteiger partial charge >= 0.3 is 0 Å². The minimum atomic E-state index is 0. The van der Waals surface area contributed by atoms with Gasteiger partial charge in [0.25, 0.3) is 0 Å². The van der Waals surface area contributed by atoms with Crippen LogP contribution in [0.4, 0.5) is 0 Å². The fourth-order valence-electron chi connectivity index (χ4n) is 1.48. The lowest BCUT2D eigenvalue weighted by atomic mass is 10.5. The van der Waals surface area contributed by atoms with Crippen LogP contribution >= 0.6 is 24.0 Å². The van der Waals surface area contributed by atoms with E-state index in [1.807, 2.05) is 24.6 Å². The number of aromatic nitrogens is 3. The number of halogens is 1. The van der Waals surface area contributed by atoms with Crippen LogP contribution in [0.1, 0.15) is 24.5 Å². The molecule has 2 N–H and O–H groups in total. The van der Waals surface area contributed by atoms with Crippen LogP contribution < -0.4 is 10.6 Å². The Balaban J connectivity index is 0.00000180. The first-order chi connectivity index (χ1) is 8.70. The van der Waals surface area contributed by atoms with E-state index in [0.717, 1.165) is 17.6 Å². The smallest absolute Gasteiger partial charge is 0.192 e. The van der Waals surface area contributed by atoms with Crippen molar-refractivity contribution in [3.8, 4) is 0 Å². The summed E-state index contributed by atoms with van der Waals surface area (Å²) in [5.41, 5.74) is 0. The number of guanidine groups is 1. The van der Waals surface area contributed by atoms with E-state index in [0.29, 0.717) is 19.1 Å². The first-order valence-corrected chi connectivity index (χ1v) is 6.21. The summed E-state index contributed by atoms with van der Waals surface area (Å²) >= 11 is 0. The summed E-state index contributed by atoms with van der Waals surface area (Å²) in [6.07, 6.45) is 4.26. The number of hydrogen-bond acceptors (Lipinski definition) is 3. The summed E-state index contributed by atoms with van der Waals surface area (Å²) in [5, 5.41) is 14.7. The predicted molar refractivity (Wildman–Crippen MR) is 86.7 cm³/mol. The van der Waals surface area contributed by atoms with E-state index >= 15 is 0 Å². The molecule has 0 amide bonds. The van der Waals surface area contributed by atoms with Crippen LogP contribution in [0.15, 0.2) is 17.6 Å². The summed E-state index contributed by atoms with van der Waals surface area (Å²) in [6, 6.07) is 0.572. The molecule has 0 saturated heterocycles. The van der Waals surface area contributed by atoms with Gasteiger partial charge in [0.1, 0.15) is 12.4 Å². The number of nitrogens with zero attached hydrogens (tertiary/aromatic N) is 4. The molecule has 1 fully saturated rings. The SMILES string of the molecule is C=CCNC(=NCc1nnc(C)n1C)NC1CC1.I.